The number of amides is 2. The van der Waals surface area contributed by atoms with Crippen LogP contribution in [0, 0.1) is 6.92 Å². The molecule has 1 aliphatic rings. The quantitative estimate of drug-likeness (QED) is 0.259. The van der Waals surface area contributed by atoms with E-state index in [0.717, 1.165) is 22.9 Å². The lowest BCUT2D eigenvalue weighted by Gasteiger charge is -2.13. The number of ether oxygens (including phenoxy) is 2. The summed E-state index contributed by atoms with van der Waals surface area (Å²) in [6, 6.07) is 17.7. The van der Waals surface area contributed by atoms with Gasteiger partial charge in [-0.2, -0.15) is 5.10 Å². The second-order valence-electron chi connectivity index (χ2n) is 7.93. The van der Waals surface area contributed by atoms with Crippen molar-refractivity contribution in [1.82, 2.24) is 5.32 Å². The highest BCUT2D eigenvalue weighted by Crippen LogP contribution is 2.32. The average Bonchev–Trinajstić information content (AvgIpc) is 3.21. The minimum absolute atomic E-state index is 0.0475. The van der Waals surface area contributed by atoms with Gasteiger partial charge >= 0.3 is 0 Å². The largest absolute Gasteiger partial charge is 0.495 e. The summed E-state index contributed by atoms with van der Waals surface area (Å²) < 4.78 is 11.1. The maximum absolute atomic E-state index is 12.6. The molecule has 0 bridgehead atoms. The number of aryl methyl sites for hydroxylation is 1. The lowest BCUT2D eigenvalue weighted by atomic mass is 10.2. The molecule has 1 unspecified atom stereocenters. The number of benzene rings is 3. The lowest BCUT2D eigenvalue weighted by molar-refractivity contribution is -0.122. The molecule has 1 heterocycles. The third-order valence-electron chi connectivity index (χ3n) is 5.16. The number of rotatable bonds is 8. The maximum atomic E-state index is 12.6. The minimum Gasteiger partial charge on any atom is -0.495 e. The van der Waals surface area contributed by atoms with Crippen LogP contribution in [0.15, 0.2) is 70.9 Å². The normalized spacial score (nSPS) is 16.2. The molecule has 3 aromatic rings. The van der Waals surface area contributed by atoms with Crippen LogP contribution < -0.4 is 20.1 Å². The van der Waals surface area contributed by atoms with Gasteiger partial charge in [0.1, 0.15) is 22.5 Å². The first kappa shape index (κ1) is 26.5. The van der Waals surface area contributed by atoms with E-state index in [9.17, 15) is 9.59 Å². The summed E-state index contributed by atoms with van der Waals surface area (Å²) in [5.74, 6) is 1.07. The van der Waals surface area contributed by atoms with Crippen LogP contribution in [0.3, 0.4) is 0 Å². The summed E-state index contributed by atoms with van der Waals surface area (Å²) in [4.78, 5) is 24.9. The summed E-state index contributed by atoms with van der Waals surface area (Å²) in [7, 11) is 1.49. The molecule has 0 radical (unpaired) electrons. The van der Waals surface area contributed by atoms with E-state index in [2.05, 4.69) is 20.8 Å². The zero-order valence-corrected chi connectivity index (χ0v) is 22.2. The van der Waals surface area contributed by atoms with Crippen LogP contribution in [0.1, 0.15) is 17.5 Å². The highest BCUT2D eigenvalue weighted by Gasteiger charge is 2.32. The van der Waals surface area contributed by atoms with Gasteiger partial charge in [-0.25, -0.2) is 0 Å². The Morgan fingerprint density at radius 3 is 2.68 bits per heavy atom. The fourth-order valence-corrected chi connectivity index (χ4v) is 4.53. The highest BCUT2D eigenvalue weighted by atomic mass is 35.5. The summed E-state index contributed by atoms with van der Waals surface area (Å²) in [5, 5.41) is 14.4. The monoisotopic (exact) mass is 556 g/mol. The van der Waals surface area contributed by atoms with Crippen molar-refractivity contribution in [2.45, 2.75) is 18.6 Å². The van der Waals surface area contributed by atoms with E-state index in [1.54, 1.807) is 48.7 Å². The van der Waals surface area contributed by atoms with Crippen LogP contribution in [0.5, 0.6) is 17.2 Å². The minimum atomic E-state index is -0.635. The van der Waals surface area contributed by atoms with Gasteiger partial charge in [0.25, 0.3) is 0 Å². The van der Waals surface area contributed by atoms with E-state index < -0.39 is 5.25 Å². The number of nitrogens with zero attached hydrogens (tertiary/aromatic N) is 2. The van der Waals surface area contributed by atoms with Crippen LogP contribution >= 0.6 is 35.0 Å². The number of amidine groups is 1. The number of nitrogens with one attached hydrogen (secondary N) is 2. The van der Waals surface area contributed by atoms with E-state index in [-0.39, 0.29) is 18.2 Å². The highest BCUT2D eigenvalue weighted by molar-refractivity contribution is 8.15. The molecule has 37 heavy (non-hydrogen) atoms. The Bertz CT molecular complexity index is 1380. The van der Waals surface area contributed by atoms with Crippen LogP contribution in [-0.2, 0) is 9.59 Å². The van der Waals surface area contributed by atoms with Gasteiger partial charge < -0.3 is 20.1 Å². The smallest absolute Gasteiger partial charge is 0.240 e. The maximum Gasteiger partial charge on any atom is 0.240 e. The molecule has 0 saturated carbocycles. The molecule has 8 nitrogen and oxygen atoms in total. The first-order valence-corrected chi connectivity index (χ1v) is 12.7. The van der Waals surface area contributed by atoms with Crippen molar-refractivity contribution in [2.75, 3.05) is 12.4 Å². The van der Waals surface area contributed by atoms with Crippen molar-refractivity contribution in [1.29, 1.82) is 0 Å². The molecule has 2 N–H and O–H groups in total. The molecule has 0 aliphatic carbocycles. The number of thioether (sulfide) groups is 1. The molecule has 1 atom stereocenters. The molecular formula is C26H22Cl2N4O4S. The Labute approximate surface area is 228 Å². The third kappa shape index (κ3) is 7.25. The van der Waals surface area contributed by atoms with Gasteiger partial charge in [0, 0.05) is 22.5 Å². The van der Waals surface area contributed by atoms with E-state index in [0.29, 0.717) is 38.1 Å². The number of carbonyl (C=O) groups excluding carboxylic acids is 2. The van der Waals surface area contributed by atoms with Crippen LogP contribution in [0.25, 0.3) is 0 Å². The molecule has 3 aromatic carbocycles. The molecule has 1 aliphatic heterocycles. The molecule has 0 spiro atoms. The van der Waals surface area contributed by atoms with Gasteiger partial charge in [0.05, 0.1) is 19.0 Å². The first-order chi connectivity index (χ1) is 17.8. The third-order valence-corrected chi connectivity index (χ3v) is 6.90. The van der Waals surface area contributed by atoms with Crippen molar-refractivity contribution in [3.63, 3.8) is 0 Å². The summed E-state index contributed by atoms with van der Waals surface area (Å²) >= 11 is 13.2. The number of anilines is 1. The molecule has 2 amide bonds. The standard InChI is InChI=1S/C26H22Cl2N4O4S/c1-15-10-21(22(35-2)12-20(15)28)30-24(33)13-23-25(34)31-26(37-23)32-29-14-16-4-3-5-19(11-16)36-18-8-6-17(27)7-9-18/h3-12,14,23H,13H2,1-2H3,(H,30,33)(H,31,32,34). The van der Waals surface area contributed by atoms with Crippen molar-refractivity contribution in [2.24, 2.45) is 10.2 Å². The van der Waals surface area contributed by atoms with Crippen molar-refractivity contribution in [3.8, 4) is 17.2 Å². The Morgan fingerprint density at radius 2 is 1.92 bits per heavy atom. The van der Waals surface area contributed by atoms with Crippen LogP contribution in [-0.4, -0.2) is 35.6 Å². The average molecular weight is 557 g/mol. The van der Waals surface area contributed by atoms with Gasteiger partial charge in [-0.1, -0.05) is 47.1 Å². The number of halogens is 2. The fourth-order valence-electron chi connectivity index (χ4n) is 3.33. The van der Waals surface area contributed by atoms with E-state index in [1.807, 2.05) is 25.1 Å². The van der Waals surface area contributed by atoms with Gasteiger partial charge in [-0.15, -0.1) is 5.10 Å². The van der Waals surface area contributed by atoms with Crippen LogP contribution in [0.4, 0.5) is 5.69 Å². The Morgan fingerprint density at radius 1 is 1.14 bits per heavy atom. The van der Waals surface area contributed by atoms with Gasteiger partial charge in [-0.05, 0) is 60.5 Å². The summed E-state index contributed by atoms with van der Waals surface area (Å²) in [6.45, 7) is 1.82. The molecular weight excluding hydrogens is 535 g/mol. The molecule has 0 aromatic heterocycles. The zero-order chi connectivity index (χ0) is 26.4. The second kappa shape index (κ2) is 12.1. The van der Waals surface area contributed by atoms with Gasteiger partial charge in [0.2, 0.25) is 11.8 Å². The summed E-state index contributed by atoms with van der Waals surface area (Å²) in [5.41, 5.74) is 2.03. The number of hydrogen-bond donors (Lipinski definition) is 2. The van der Waals surface area contributed by atoms with Crippen LogP contribution in [0.2, 0.25) is 10.0 Å². The first-order valence-electron chi connectivity index (χ1n) is 11.1. The van der Waals surface area contributed by atoms with Crippen molar-refractivity contribution in [3.05, 3.63) is 81.8 Å². The molecule has 190 valence electrons. The predicted octanol–water partition coefficient (Wildman–Crippen LogP) is 6.05. The molecule has 1 fully saturated rings. The van der Waals surface area contributed by atoms with Gasteiger partial charge in [-0.3, -0.25) is 9.59 Å². The Kier molecular flexibility index (Phi) is 8.70. The Balaban J connectivity index is 1.34. The predicted molar refractivity (Wildman–Crippen MR) is 149 cm³/mol. The number of methoxy groups -OCH3 is 1. The van der Waals surface area contributed by atoms with E-state index >= 15 is 0 Å². The zero-order valence-electron chi connectivity index (χ0n) is 19.8. The number of carbonyl (C=O) groups is 2. The van der Waals surface area contributed by atoms with Crippen molar-refractivity contribution < 1.29 is 19.1 Å². The molecule has 4 rings (SSSR count). The molecule has 11 heteroatoms. The topological polar surface area (TPSA) is 101 Å². The van der Waals surface area contributed by atoms with Gasteiger partial charge in [0.15, 0.2) is 5.17 Å². The molecule has 1 saturated heterocycles. The number of hydrogen-bond acceptors (Lipinski definition) is 7. The Hall–Kier alpha value is -3.53. The SMILES string of the molecule is COc1cc(Cl)c(C)cc1NC(=O)CC1SC(=NN=Cc2cccc(Oc3ccc(Cl)cc3)c2)NC1=O. The lowest BCUT2D eigenvalue weighted by Crippen LogP contribution is -2.28. The fraction of sp³-hybridized carbons (Fsp3) is 0.154. The summed E-state index contributed by atoms with van der Waals surface area (Å²) in [6.07, 6.45) is 1.50. The van der Waals surface area contributed by atoms with E-state index in [4.69, 9.17) is 32.7 Å². The van der Waals surface area contributed by atoms with E-state index in [1.165, 1.54) is 7.11 Å². The van der Waals surface area contributed by atoms with Crippen molar-refractivity contribution >= 4 is 63.8 Å². The second-order valence-corrected chi connectivity index (χ2v) is 9.96.